The summed E-state index contributed by atoms with van der Waals surface area (Å²) in [5.74, 6) is 0.739. The van der Waals surface area contributed by atoms with Crippen molar-refractivity contribution in [2.45, 2.75) is 38.9 Å². The third-order valence-corrected chi connectivity index (χ3v) is 9.95. The van der Waals surface area contributed by atoms with E-state index in [0.717, 1.165) is 0 Å². The molecule has 4 rings (SSSR count). The van der Waals surface area contributed by atoms with Crippen molar-refractivity contribution in [3.8, 4) is 23.3 Å². The molecule has 0 aliphatic heterocycles. The van der Waals surface area contributed by atoms with E-state index in [1.54, 1.807) is 13.8 Å². The fourth-order valence-electron chi connectivity index (χ4n) is 5.49. The quantitative estimate of drug-likeness (QED) is 0.0385. The lowest BCUT2D eigenvalue weighted by Crippen LogP contribution is -2.16. The van der Waals surface area contributed by atoms with Gasteiger partial charge in [0, 0.05) is 61.3 Å². The van der Waals surface area contributed by atoms with E-state index in [1.165, 1.54) is 60.7 Å². The van der Waals surface area contributed by atoms with Crippen LogP contribution in [-0.2, 0) is 4.74 Å². The second-order valence-corrected chi connectivity index (χ2v) is 15.9. The van der Waals surface area contributed by atoms with Gasteiger partial charge >= 0.3 is 11.4 Å². The number of anilines is 2. The van der Waals surface area contributed by atoms with Crippen molar-refractivity contribution < 1.29 is 33.5 Å². The molecule has 0 saturated heterocycles. The molecule has 2 unspecified atom stereocenters. The van der Waals surface area contributed by atoms with Crippen molar-refractivity contribution in [1.82, 2.24) is 9.97 Å². The van der Waals surface area contributed by atoms with Gasteiger partial charge in [-0.1, -0.05) is 92.8 Å². The molecule has 4 aromatic rings. The number of ether oxygens (including phenoxy) is 5. The highest BCUT2D eigenvalue weighted by atomic mass is 35.5. The van der Waals surface area contributed by atoms with Crippen LogP contribution in [0.25, 0.3) is 0 Å². The zero-order chi connectivity index (χ0) is 44.6. The first kappa shape index (κ1) is 49.8. The van der Waals surface area contributed by atoms with Gasteiger partial charge in [0.1, 0.15) is 45.9 Å². The molecular weight excluding hydrogens is 968 g/mol. The topological polar surface area (TPSA) is 182 Å². The maximum absolute atomic E-state index is 11.7. The van der Waals surface area contributed by atoms with Crippen LogP contribution in [-0.4, -0.2) is 59.3 Å². The zero-order valence-corrected chi connectivity index (χ0v) is 38.1. The molecule has 2 N–H and O–H groups in total. The molecule has 61 heavy (non-hydrogen) atoms. The fraction of sp³-hybridized carbons (Fsp3) is 0.316. The van der Waals surface area contributed by atoms with Gasteiger partial charge in [0.15, 0.2) is 0 Å². The normalized spacial score (nSPS) is 11.8. The maximum Gasteiger partial charge on any atom is 0.311 e. The van der Waals surface area contributed by atoms with Gasteiger partial charge in [0.25, 0.3) is 0 Å². The maximum atomic E-state index is 11.7. The molecule has 0 saturated carbocycles. The molecule has 2 atom stereocenters. The van der Waals surface area contributed by atoms with Crippen molar-refractivity contribution >= 4 is 116 Å². The Balaban J connectivity index is 1.61. The van der Waals surface area contributed by atoms with Gasteiger partial charge in [-0.15, -0.1) is 0 Å². The fourth-order valence-corrected chi connectivity index (χ4v) is 7.17. The second-order valence-electron chi connectivity index (χ2n) is 12.2. The van der Waals surface area contributed by atoms with E-state index in [0.29, 0.717) is 35.7 Å². The number of nitro groups is 2. The molecule has 0 aliphatic carbocycles. The molecule has 2 heterocycles. The number of halogens is 8. The summed E-state index contributed by atoms with van der Waals surface area (Å²) in [6.45, 7) is 4.44. The highest BCUT2D eigenvalue weighted by molar-refractivity contribution is 6.56. The van der Waals surface area contributed by atoms with Gasteiger partial charge in [-0.3, -0.25) is 20.2 Å². The summed E-state index contributed by atoms with van der Waals surface area (Å²) in [6.07, 6.45) is 1.39. The zero-order valence-electron chi connectivity index (χ0n) is 32.1. The van der Waals surface area contributed by atoms with E-state index < -0.39 is 22.1 Å². The summed E-state index contributed by atoms with van der Waals surface area (Å²) in [4.78, 5) is 30.8. The molecule has 328 valence electrons. The number of aromatic nitrogens is 2. The highest BCUT2D eigenvalue weighted by Crippen LogP contribution is 2.41. The van der Waals surface area contributed by atoms with Crippen LogP contribution in [0.1, 0.15) is 50.0 Å². The average Bonchev–Trinajstić information content (AvgIpc) is 3.17. The van der Waals surface area contributed by atoms with E-state index in [4.69, 9.17) is 116 Å². The van der Waals surface area contributed by atoms with Gasteiger partial charge < -0.3 is 34.3 Å². The summed E-state index contributed by atoms with van der Waals surface area (Å²) < 4.78 is 30.0. The van der Waals surface area contributed by atoms with Gasteiger partial charge in [-0.25, -0.2) is 0 Å². The first-order valence-corrected chi connectivity index (χ1v) is 21.1. The van der Waals surface area contributed by atoms with Crippen LogP contribution >= 0.6 is 92.8 Å². The SMILES string of the molecule is CCNc1nc(OC(CCOCCC(Oc2ccc([N+](=O)[O-])c(NCC)n2)c2c(Cl)cc(OCC=C(Cl)Cl)cc2Cl)c2c(Cl)cc(OCC=C(Cl)Cl)cc2Cl)ccc1[N+](=O)[O-]. The highest BCUT2D eigenvalue weighted by Gasteiger charge is 2.27. The van der Waals surface area contributed by atoms with Gasteiger partial charge in [0.2, 0.25) is 23.4 Å². The molecule has 0 radical (unpaired) electrons. The van der Waals surface area contributed by atoms with Crippen molar-refractivity contribution in [2.24, 2.45) is 0 Å². The van der Waals surface area contributed by atoms with E-state index >= 15 is 0 Å². The van der Waals surface area contributed by atoms with Crippen LogP contribution in [0, 0.1) is 20.2 Å². The number of hydrogen-bond acceptors (Lipinski definition) is 13. The third kappa shape index (κ3) is 15.2. The summed E-state index contributed by atoms with van der Waals surface area (Å²) in [6, 6.07) is 11.4. The Morgan fingerprint density at radius 2 is 1.02 bits per heavy atom. The monoisotopic (exact) mass is 1000 g/mol. The van der Waals surface area contributed by atoms with Gasteiger partial charge in [-0.2, -0.15) is 9.97 Å². The lowest BCUT2D eigenvalue weighted by atomic mass is 10.1. The van der Waals surface area contributed by atoms with Gasteiger partial charge in [-0.05, 0) is 50.3 Å². The number of rotatable bonds is 24. The van der Waals surface area contributed by atoms with Crippen molar-refractivity contribution in [2.75, 3.05) is 50.2 Å². The van der Waals surface area contributed by atoms with Crippen LogP contribution in [0.5, 0.6) is 23.3 Å². The van der Waals surface area contributed by atoms with E-state index in [1.807, 2.05) is 0 Å². The molecule has 0 spiro atoms. The van der Waals surface area contributed by atoms with Crippen molar-refractivity contribution in [1.29, 1.82) is 0 Å². The first-order valence-electron chi connectivity index (χ1n) is 18.1. The standard InChI is InChI=1S/C38H36Cl8N6O9/c1-3-47-37-27(51(53)54)5-7-33(49-37)60-29(35-23(39)17-21(18-24(35)40)58-15-11-31(43)44)9-13-57-14-10-30(61-34-8-6-28(52(55)56)38(50-34)48-4-2)36-25(41)19-22(20-26(36)42)59-16-12-32(45)46/h5-8,11-12,17-20,29-30H,3-4,9-10,13-16H2,1-2H3,(H,47,49)(H,48,50). The molecule has 0 aliphatic rings. The third-order valence-electron chi connectivity index (χ3n) is 8.08. The number of nitrogens with one attached hydrogen (secondary N) is 2. The predicted molar refractivity (Wildman–Crippen MR) is 240 cm³/mol. The smallest absolute Gasteiger partial charge is 0.311 e. The van der Waals surface area contributed by atoms with Crippen LogP contribution in [0.2, 0.25) is 20.1 Å². The van der Waals surface area contributed by atoms with E-state index in [-0.39, 0.29) is 103 Å². The van der Waals surface area contributed by atoms with Crippen LogP contribution in [0.3, 0.4) is 0 Å². The number of hydrogen-bond donors (Lipinski definition) is 2. The summed E-state index contributed by atoms with van der Waals surface area (Å²) >= 11 is 49.9. The Hall–Kier alpha value is -3.90. The minimum Gasteiger partial charge on any atom is -0.489 e. The second kappa shape index (κ2) is 24.7. The van der Waals surface area contributed by atoms with Crippen molar-refractivity contribution in [3.05, 3.63) is 121 Å². The minimum absolute atomic E-state index is 0.00603. The molecule has 0 fully saturated rings. The average molecular weight is 1000 g/mol. The van der Waals surface area contributed by atoms with Crippen LogP contribution < -0.4 is 29.6 Å². The van der Waals surface area contributed by atoms with Crippen LogP contribution in [0.15, 0.2) is 69.7 Å². The van der Waals surface area contributed by atoms with Crippen molar-refractivity contribution in [3.63, 3.8) is 0 Å². The number of nitrogens with zero attached hydrogens (tertiary/aromatic N) is 4. The molecule has 0 bridgehead atoms. The van der Waals surface area contributed by atoms with Gasteiger partial charge in [0.05, 0.1) is 43.2 Å². The number of pyridine rings is 2. The van der Waals surface area contributed by atoms with Crippen LogP contribution in [0.4, 0.5) is 23.0 Å². The molecule has 23 heteroatoms. The Kier molecular flexibility index (Phi) is 20.1. The molecule has 2 aromatic heterocycles. The lowest BCUT2D eigenvalue weighted by Gasteiger charge is -2.23. The Labute approximate surface area is 390 Å². The Morgan fingerprint density at radius 3 is 1.33 bits per heavy atom. The first-order chi connectivity index (χ1) is 29.1. The largest absolute Gasteiger partial charge is 0.489 e. The molecular formula is C38H36Cl8N6O9. The predicted octanol–water partition coefficient (Wildman–Crippen LogP) is 12.9. The summed E-state index contributed by atoms with van der Waals surface area (Å²) in [7, 11) is 0. The molecule has 15 nitrogen and oxygen atoms in total. The number of benzene rings is 2. The summed E-state index contributed by atoms with van der Waals surface area (Å²) in [5, 5.41) is 29.8. The molecule has 0 amide bonds. The summed E-state index contributed by atoms with van der Waals surface area (Å²) in [5.41, 5.74) is 0.239. The minimum atomic E-state index is -0.893. The van der Waals surface area contributed by atoms with E-state index in [2.05, 4.69) is 20.6 Å². The lowest BCUT2D eigenvalue weighted by molar-refractivity contribution is -0.384. The Morgan fingerprint density at radius 1 is 0.656 bits per heavy atom. The van der Waals surface area contributed by atoms with E-state index in [9.17, 15) is 20.2 Å². The molecule has 2 aromatic carbocycles. The Bertz CT molecular complexity index is 2030.